The summed E-state index contributed by atoms with van der Waals surface area (Å²) in [5.41, 5.74) is 2.65. The zero-order valence-corrected chi connectivity index (χ0v) is 12.0. The summed E-state index contributed by atoms with van der Waals surface area (Å²) in [5, 5.41) is 8.89. The van der Waals surface area contributed by atoms with Gasteiger partial charge in [-0.15, -0.1) is 0 Å². The van der Waals surface area contributed by atoms with Crippen molar-refractivity contribution in [3.63, 3.8) is 0 Å². The summed E-state index contributed by atoms with van der Waals surface area (Å²) in [6, 6.07) is 3.19. The fourth-order valence-electron chi connectivity index (χ4n) is 2.22. The van der Waals surface area contributed by atoms with Crippen LogP contribution in [0.2, 0.25) is 0 Å². The van der Waals surface area contributed by atoms with Crippen LogP contribution in [0.5, 0.6) is 0 Å². The Labute approximate surface area is 118 Å². The zero-order chi connectivity index (χ0) is 14.6. The van der Waals surface area contributed by atoms with Crippen molar-refractivity contribution in [3.05, 3.63) is 18.3 Å². The van der Waals surface area contributed by atoms with Crippen molar-refractivity contribution in [1.82, 2.24) is 9.29 Å². The number of pyridine rings is 1. The van der Waals surface area contributed by atoms with Crippen molar-refractivity contribution in [1.29, 1.82) is 0 Å². The number of nitrogens with two attached hydrogens (primary N) is 1. The number of hydrogen-bond donors (Lipinski definition) is 3. The van der Waals surface area contributed by atoms with Crippen LogP contribution in [-0.4, -0.2) is 42.0 Å². The number of anilines is 1. The summed E-state index contributed by atoms with van der Waals surface area (Å²) >= 11 is 0. The first-order chi connectivity index (χ1) is 9.61. The second kappa shape index (κ2) is 6.49. The molecule has 0 radical (unpaired) electrons. The fraction of sp³-hybridized carbons (Fsp3) is 0.583. The van der Waals surface area contributed by atoms with E-state index in [1.165, 1.54) is 10.5 Å². The molecule has 1 saturated carbocycles. The van der Waals surface area contributed by atoms with Crippen LogP contribution in [0.25, 0.3) is 0 Å². The fourth-order valence-corrected chi connectivity index (χ4v) is 4.01. The van der Waals surface area contributed by atoms with Gasteiger partial charge < -0.3 is 10.5 Å². The largest absolute Gasteiger partial charge is 0.396 e. The number of aromatic nitrogens is 1. The molecule has 0 unspecified atom stereocenters. The van der Waals surface area contributed by atoms with Crippen molar-refractivity contribution in [2.24, 2.45) is 5.84 Å². The van der Waals surface area contributed by atoms with Crippen molar-refractivity contribution in [2.75, 3.05) is 18.6 Å². The van der Waals surface area contributed by atoms with Gasteiger partial charge in [0.1, 0.15) is 0 Å². The standard InChI is InChI=1S/C12H20N4O3S/c13-15-11-6-2-7-14-12(11)20(18,19)16(8-3-9-17)10-4-1-5-10/h2,6-7,10,15,17H,1,3-5,8-9,13H2. The Morgan fingerprint density at radius 2 is 2.25 bits per heavy atom. The molecule has 1 aromatic heterocycles. The van der Waals surface area contributed by atoms with Gasteiger partial charge in [0.2, 0.25) is 0 Å². The number of nitrogens with one attached hydrogen (secondary N) is 1. The molecule has 0 amide bonds. The van der Waals surface area contributed by atoms with Crippen LogP contribution in [0.1, 0.15) is 25.7 Å². The average molecular weight is 300 g/mol. The van der Waals surface area contributed by atoms with Crippen LogP contribution in [0.4, 0.5) is 5.69 Å². The molecule has 1 aliphatic rings. The van der Waals surface area contributed by atoms with Crippen LogP contribution in [0.15, 0.2) is 23.4 Å². The summed E-state index contributed by atoms with van der Waals surface area (Å²) in [6.45, 7) is 0.257. The average Bonchev–Trinajstić information content (AvgIpc) is 2.41. The molecular weight excluding hydrogens is 280 g/mol. The van der Waals surface area contributed by atoms with Crippen LogP contribution in [-0.2, 0) is 10.0 Å². The summed E-state index contributed by atoms with van der Waals surface area (Å²) in [4.78, 5) is 3.96. The van der Waals surface area contributed by atoms with E-state index in [-0.39, 0.29) is 23.4 Å². The molecule has 0 saturated heterocycles. The van der Waals surface area contributed by atoms with Gasteiger partial charge in [0.25, 0.3) is 10.0 Å². The second-order valence-corrected chi connectivity index (χ2v) is 6.58. The smallest absolute Gasteiger partial charge is 0.262 e. The van der Waals surface area contributed by atoms with Crippen LogP contribution in [0.3, 0.4) is 0 Å². The Morgan fingerprint density at radius 3 is 2.80 bits per heavy atom. The molecule has 2 rings (SSSR count). The minimum absolute atomic E-state index is 0.000759. The molecule has 1 aromatic rings. The van der Waals surface area contributed by atoms with Gasteiger partial charge in [-0.05, 0) is 31.4 Å². The predicted molar refractivity (Wildman–Crippen MR) is 75.3 cm³/mol. The first-order valence-corrected chi connectivity index (χ1v) is 8.09. The molecule has 8 heteroatoms. The Kier molecular flexibility index (Phi) is 4.92. The van der Waals surface area contributed by atoms with Gasteiger partial charge in [0, 0.05) is 25.4 Å². The number of hydrazine groups is 1. The van der Waals surface area contributed by atoms with Gasteiger partial charge in [-0.1, -0.05) is 6.42 Å². The van der Waals surface area contributed by atoms with E-state index < -0.39 is 10.0 Å². The molecule has 0 aromatic carbocycles. The highest BCUT2D eigenvalue weighted by atomic mass is 32.2. The maximum atomic E-state index is 12.7. The van der Waals surface area contributed by atoms with Gasteiger partial charge in [0.05, 0.1) is 5.69 Å². The lowest BCUT2D eigenvalue weighted by Gasteiger charge is -2.36. The van der Waals surface area contributed by atoms with E-state index in [1.54, 1.807) is 12.1 Å². The van der Waals surface area contributed by atoms with Crippen LogP contribution < -0.4 is 11.3 Å². The zero-order valence-electron chi connectivity index (χ0n) is 11.2. The van der Waals surface area contributed by atoms with Gasteiger partial charge in [-0.2, -0.15) is 4.31 Å². The van der Waals surface area contributed by atoms with E-state index in [2.05, 4.69) is 10.4 Å². The number of hydrogen-bond acceptors (Lipinski definition) is 6. The molecule has 4 N–H and O–H groups in total. The highest BCUT2D eigenvalue weighted by Gasteiger charge is 2.36. The second-order valence-electron chi connectivity index (χ2n) is 4.78. The Hall–Kier alpha value is -1.22. The van der Waals surface area contributed by atoms with E-state index in [1.807, 2.05) is 0 Å². The molecule has 0 spiro atoms. The topological polar surface area (TPSA) is 109 Å². The van der Waals surface area contributed by atoms with Crippen LogP contribution >= 0.6 is 0 Å². The maximum absolute atomic E-state index is 12.7. The molecule has 0 aliphatic heterocycles. The molecule has 1 fully saturated rings. The molecule has 112 valence electrons. The summed E-state index contributed by atoms with van der Waals surface area (Å²) in [5.74, 6) is 5.36. The monoisotopic (exact) mass is 300 g/mol. The van der Waals surface area contributed by atoms with Gasteiger partial charge >= 0.3 is 0 Å². The first kappa shape index (κ1) is 15.2. The number of rotatable bonds is 7. The summed E-state index contributed by atoms with van der Waals surface area (Å²) in [7, 11) is -3.71. The third-order valence-corrected chi connectivity index (χ3v) is 5.41. The number of nitrogens with zero attached hydrogens (tertiary/aromatic N) is 2. The third-order valence-electron chi connectivity index (χ3n) is 3.50. The molecule has 1 aliphatic carbocycles. The SMILES string of the molecule is NNc1cccnc1S(=O)(=O)N(CCCO)C1CCC1. The summed E-state index contributed by atoms with van der Waals surface area (Å²) in [6.07, 6.45) is 4.57. The lowest BCUT2D eigenvalue weighted by atomic mass is 9.93. The summed E-state index contributed by atoms with van der Waals surface area (Å²) < 4.78 is 26.9. The van der Waals surface area contributed by atoms with E-state index in [0.29, 0.717) is 13.0 Å². The Bertz CT molecular complexity index is 545. The van der Waals surface area contributed by atoms with Crippen molar-refractivity contribution < 1.29 is 13.5 Å². The number of aliphatic hydroxyl groups is 1. The van der Waals surface area contributed by atoms with E-state index >= 15 is 0 Å². The molecule has 0 bridgehead atoms. The van der Waals surface area contributed by atoms with Gasteiger partial charge in [0.15, 0.2) is 5.03 Å². The minimum Gasteiger partial charge on any atom is -0.396 e. The molecule has 0 atom stereocenters. The van der Waals surface area contributed by atoms with Crippen molar-refractivity contribution in [2.45, 2.75) is 36.8 Å². The van der Waals surface area contributed by atoms with E-state index in [0.717, 1.165) is 19.3 Å². The van der Waals surface area contributed by atoms with E-state index in [4.69, 9.17) is 10.9 Å². The predicted octanol–water partition coefficient (Wildman–Crippen LogP) is 0.293. The van der Waals surface area contributed by atoms with Crippen LogP contribution in [0, 0.1) is 0 Å². The van der Waals surface area contributed by atoms with Gasteiger partial charge in [-0.3, -0.25) is 5.84 Å². The molecule has 7 nitrogen and oxygen atoms in total. The van der Waals surface area contributed by atoms with Crippen molar-refractivity contribution >= 4 is 15.7 Å². The Morgan fingerprint density at radius 1 is 1.50 bits per heavy atom. The highest BCUT2D eigenvalue weighted by molar-refractivity contribution is 7.89. The minimum atomic E-state index is -3.71. The van der Waals surface area contributed by atoms with E-state index in [9.17, 15) is 8.42 Å². The number of nitrogen functional groups attached to an aromatic ring is 1. The normalized spacial score (nSPS) is 16.1. The Balaban J connectivity index is 2.33. The third kappa shape index (κ3) is 2.93. The lowest BCUT2D eigenvalue weighted by molar-refractivity contribution is 0.198. The quantitative estimate of drug-likeness (QED) is 0.493. The first-order valence-electron chi connectivity index (χ1n) is 6.65. The molecule has 1 heterocycles. The highest BCUT2D eigenvalue weighted by Crippen LogP contribution is 2.31. The number of aliphatic hydroxyl groups excluding tert-OH is 1. The van der Waals surface area contributed by atoms with Crippen molar-refractivity contribution in [3.8, 4) is 0 Å². The maximum Gasteiger partial charge on any atom is 0.262 e. The number of sulfonamides is 1. The molecular formula is C12H20N4O3S. The van der Waals surface area contributed by atoms with Gasteiger partial charge in [-0.25, -0.2) is 13.4 Å². The molecule has 20 heavy (non-hydrogen) atoms. The lowest BCUT2D eigenvalue weighted by Crippen LogP contribution is -2.45.